The molecule has 0 aliphatic rings. The number of hydrogen-bond donors (Lipinski definition) is 3. The molecule has 3 nitrogen and oxygen atoms in total. The summed E-state index contributed by atoms with van der Waals surface area (Å²) in [5, 5.41) is 19.1. The molecular formula is C21H36O3S. The van der Waals surface area contributed by atoms with E-state index in [2.05, 4.69) is 40.0 Å². The Bertz CT molecular complexity index is 603. The number of aryl methyl sites for hydroxylation is 1. The molecule has 0 bridgehead atoms. The van der Waals surface area contributed by atoms with E-state index in [4.69, 9.17) is 0 Å². The van der Waals surface area contributed by atoms with E-state index in [1.54, 1.807) is 12.1 Å². The minimum Gasteiger partial charge on any atom is -0.508 e. The van der Waals surface area contributed by atoms with Crippen LogP contribution in [-0.2, 0) is 5.41 Å². The minimum atomic E-state index is -0.0325. The predicted octanol–water partition coefficient (Wildman–Crippen LogP) is 5.90. The standard InChI is InChI=1S/C11H16OS.C10H18O.H2O/c1-7-5-9(12)8(6-10(7)13)11(2,3)4;1-6-7-9(11)8(2)10(3,4)5;/h5-6,12-13H,1-4H3;7,11H,2,6H2,1,3-5H3;1H2. The molecule has 1 aromatic carbocycles. The second-order valence-corrected chi connectivity index (χ2v) is 8.61. The Kier molecular flexibility index (Phi) is 10.3. The second-order valence-electron chi connectivity index (χ2n) is 8.13. The van der Waals surface area contributed by atoms with Gasteiger partial charge in [-0.15, -0.1) is 12.6 Å². The number of aromatic hydroxyl groups is 1. The molecule has 0 saturated carbocycles. The summed E-state index contributed by atoms with van der Waals surface area (Å²) in [5.41, 5.74) is 2.70. The third-order valence-electron chi connectivity index (χ3n) is 3.73. The minimum absolute atomic E-state index is 0. The van der Waals surface area contributed by atoms with Crippen LogP contribution in [0.3, 0.4) is 0 Å². The Hall–Kier alpha value is -1.39. The third kappa shape index (κ3) is 8.50. The molecule has 0 aromatic heterocycles. The van der Waals surface area contributed by atoms with Crippen molar-refractivity contribution >= 4 is 12.6 Å². The normalized spacial score (nSPS) is 12.0. The van der Waals surface area contributed by atoms with Gasteiger partial charge in [-0.05, 0) is 53.5 Å². The number of allylic oxidation sites excluding steroid dienone is 2. The highest BCUT2D eigenvalue weighted by molar-refractivity contribution is 7.80. The molecule has 0 aliphatic heterocycles. The molecule has 144 valence electrons. The molecular weight excluding hydrogens is 332 g/mol. The highest BCUT2D eigenvalue weighted by atomic mass is 32.1. The smallest absolute Gasteiger partial charge is 0.119 e. The second kappa shape index (κ2) is 9.93. The predicted molar refractivity (Wildman–Crippen MR) is 112 cm³/mol. The summed E-state index contributed by atoms with van der Waals surface area (Å²) >= 11 is 4.34. The first-order valence-corrected chi connectivity index (χ1v) is 8.78. The van der Waals surface area contributed by atoms with Gasteiger partial charge < -0.3 is 15.7 Å². The molecule has 1 aromatic rings. The summed E-state index contributed by atoms with van der Waals surface area (Å²) in [7, 11) is 0. The summed E-state index contributed by atoms with van der Waals surface area (Å²) in [6, 6.07) is 3.71. The van der Waals surface area contributed by atoms with Crippen molar-refractivity contribution in [3.8, 4) is 5.75 Å². The maximum atomic E-state index is 9.72. The zero-order valence-electron chi connectivity index (χ0n) is 17.0. The van der Waals surface area contributed by atoms with Crippen molar-refractivity contribution in [1.82, 2.24) is 0 Å². The van der Waals surface area contributed by atoms with Crippen LogP contribution in [0.1, 0.15) is 66.0 Å². The van der Waals surface area contributed by atoms with Gasteiger partial charge in [0.2, 0.25) is 0 Å². The highest BCUT2D eigenvalue weighted by Crippen LogP contribution is 2.33. The number of benzene rings is 1. The molecule has 0 spiro atoms. The average Bonchev–Trinajstić information content (AvgIpc) is 2.40. The fourth-order valence-corrected chi connectivity index (χ4v) is 2.18. The van der Waals surface area contributed by atoms with Gasteiger partial charge in [-0.1, -0.05) is 55.0 Å². The Labute approximate surface area is 159 Å². The van der Waals surface area contributed by atoms with Gasteiger partial charge in [0.25, 0.3) is 0 Å². The van der Waals surface area contributed by atoms with Gasteiger partial charge in [-0.3, -0.25) is 0 Å². The molecule has 0 atom stereocenters. The fourth-order valence-electron chi connectivity index (χ4n) is 1.98. The molecule has 4 N–H and O–H groups in total. The van der Waals surface area contributed by atoms with Crippen molar-refractivity contribution in [1.29, 1.82) is 0 Å². The van der Waals surface area contributed by atoms with Crippen molar-refractivity contribution in [2.24, 2.45) is 5.41 Å². The number of hydrogen-bond acceptors (Lipinski definition) is 3. The van der Waals surface area contributed by atoms with Crippen LogP contribution >= 0.6 is 12.6 Å². The first-order valence-electron chi connectivity index (χ1n) is 8.33. The van der Waals surface area contributed by atoms with Gasteiger partial charge in [-0.25, -0.2) is 0 Å². The molecule has 4 heteroatoms. The van der Waals surface area contributed by atoms with Crippen molar-refractivity contribution in [2.75, 3.05) is 0 Å². The maximum Gasteiger partial charge on any atom is 0.119 e. The van der Waals surface area contributed by atoms with Crippen LogP contribution in [0.25, 0.3) is 0 Å². The molecule has 0 aliphatic carbocycles. The Balaban J connectivity index is 0. The summed E-state index contributed by atoms with van der Waals surface area (Å²) in [4.78, 5) is 0.933. The summed E-state index contributed by atoms with van der Waals surface area (Å²) in [6.45, 7) is 20.1. The number of rotatable bonds is 2. The lowest BCUT2D eigenvalue weighted by Gasteiger charge is -2.21. The summed E-state index contributed by atoms with van der Waals surface area (Å²) < 4.78 is 0. The monoisotopic (exact) mass is 368 g/mol. The average molecular weight is 369 g/mol. The van der Waals surface area contributed by atoms with E-state index in [1.807, 2.05) is 40.7 Å². The lowest BCUT2D eigenvalue weighted by Crippen LogP contribution is -2.11. The maximum absolute atomic E-state index is 9.72. The SMILES string of the molecule is C=C(C(O)=CCC)C(C)(C)C.Cc1cc(O)c(C(C)(C)C)cc1S.O. The van der Waals surface area contributed by atoms with Gasteiger partial charge in [-0.2, -0.15) is 0 Å². The van der Waals surface area contributed by atoms with Crippen LogP contribution in [0.15, 0.2) is 41.0 Å². The van der Waals surface area contributed by atoms with Gasteiger partial charge >= 0.3 is 0 Å². The number of phenols is 1. The van der Waals surface area contributed by atoms with Gasteiger partial charge in [0.15, 0.2) is 0 Å². The van der Waals surface area contributed by atoms with E-state index >= 15 is 0 Å². The highest BCUT2D eigenvalue weighted by Gasteiger charge is 2.19. The fraction of sp³-hybridized carbons (Fsp3) is 0.524. The lowest BCUT2D eigenvalue weighted by atomic mass is 9.86. The number of aliphatic hydroxyl groups is 1. The zero-order chi connectivity index (χ0) is 19.3. The van der Waals surface area contributed by atoms with Gasteiger partial charge in [0, 0.05) is 10.5 Å². The van der Waals surface area contributed by atoms with E-state index in [1.165, 1.54) is 0 Å². The summed E-state index contributed by atoms with van der Waals surface area (Å²) in [5.74, 6) is 0.697. The van der Waals surface area contributed by atoms with Crippen molar-refractivity contribution in [3.63, 3.8) is 0 Å². The molecule has 25 heavy (non-hydrogen) atoms. The van der Waals surface area contributed by atoms with Crippen molar-refractivity contribution in [3.05, 3.63) is 47.2 Å². The molecule has 0 fully saturated rings. The van der Waals surface area contributed by atoms with Crippen LogP contribution in [0.4, 0.5) is 0 Å². The number of thiol groups is 1. The van der Waals surface area contributed by atoms with Crippen molar-refractivity contribution in [2.45, 2.75) is 72.1 Å². The Morgan fingerprint density at radius 2 is 1.64 bits per heavy atom. The Morgan fingerprint density at radius 3 is 2.00 bits per heavy atom. The van der Waals surface area contributed by atoms with E-state index in [-0.39, 0.29) is 16.3 Å². The van der Waals surface area contributed by atoms with E-state index < -0.39 is 0 Å². The lowest BCUT2D eigenvalue weighted by molar-refractivity contribution is 0.378. The van der Waals surface area contributed by atoms with Gasteiger partial charge in [0.1, 0.15) is 11.5 Å². The van der Waals surface area contributed by atoms with Crippen LogP contribution < -0.4 is 0 Å². The largest absolute Gasteiger partial charge is 0.508 e. The quantitative estimate of drug-likeness (QED) is 0.345. The first-order chi connectivity index (χ1) is 10.7. The summed E-state index contributed by atoms with van der Waals surface area (Å²) in [6.07, 6.45) is 2.63. The van der Waals surface area contributed by atoms with Crippen molar-refractivity contribution < 1.29 is 15.7 Å². The number of aliphatic hydroxyl groups excluding tert-OH is 1. The zero-order valence-corrected chi connectivity index (χ0v) is 17.9. The van der Waals surface area contributed by atoms with E-state index in [0.29, 0.717) is 11.5 Å². The van der Waals surface area contributed by atoms with E-state index in [0.717, 1.165) is 28.0 Å². The third-order valence-corrected chi connectivity index (χ3v) is 4.22. The van der Waals surface area contributed by atoms with Crippen LogP contribution in [0.5, 0.6) is 5.75 Å². The first kappa shape index (κ1) is 25.8. The molecule has 0 saturated heterocycles. The number of phenolic OH excluding ortho intramolecular Hbond substituents is 1. The molecule has 1 rings (SSSR count). The van der Waals surface area contributed by atoms with E-state index in [9.17, 15) is 10.2 Å². The topological polar surface area (TPSA) is 72.0 Å². The van der Waals surface area contributed by atoms with Crippen LogP contribution in [-0.4, -0.2) is 15.7 Å². The molecule has 0 heterocycles. The Morgan fingerprint density at radius 1 is 1.16 bits per heavy atom. The molecule has 0 unspecified atom stereocenters. The van der Waals surface area contributed by atoms with Crippen LogP contribution in [0, 0.1) is 12.3 Å². The van der Waals surface area contributed by atoms with Gasteiger partial charge in [0.05, 0.1) is 0 Å². The molecule has 0 amide bonds. The molecule has 0 radical (unpaired) electrons. The van der Waals surface area contributed by atoms with Crippen LogP contribution in [0.2, 0.25) is 0 Å².